The Labute approximate surface area is 124 Å². The summed E-state index contributed by atoms with van der Waals surface area (Å²) < 4.78 is 13.1. The van der Waals surface area contributed by atoms with Gasteiger partial charge in [-0.2, -0.15) is 0 Å². The molecule has 1 aromatic rings. The van der Waals surface area contributed by atoms with E-state index in [0.29, 0.717) is 6.54 Å². The second kappa shape index (κ2) is 5.41. The zero-order valence-electron chi connectivity index (χ0n) is 12.2. The van der Waals surface area contributed by atoms with Crippen molar-refractivity contribution in [2.75, 3.05) is 6.54 Å². The first kappa shape index (κ1) is 14.5. The number of nitrogens with one attached hydrogen (secondary N) is 1. The Morgan fingerprint density at radius 1 is 1.10 bits per heavy atom. The average molecular weight is 291 g/mol. The van der Waals surface area contributed by atoms with Crippen LogP contribution in [0.5, 0.6) is 0 Å². The highest BCUT2D eigenvalue weighted by Gasteiger charge is 2.44. The third-order valence-electron chi connectivity index (χ3n) is 5.15. The maximum absolute atomic E-state index is 13.1. The van der Waals surface area contributed by atoms with Crippen LogP contribution in [0.25, 0.3) is 0 Å². The van der Waals surface area contributed by atoms with Crippen molar-refractivity contribution < 1.29 is 14.3 Å². The normalized spacial score (nSPS) is 22.6. The number of halogens is 1. The molecule has 1 amide bonds. The van der Waals surface area contributed by atoms with E-state index in [4.69, 9.17) is 0 Å². The second-order valence-corrected chi connectivity index (χ2v) is 6.56. The molecule has 21 heavy (non-hydrogen) atoms. The number of carbonyl (C=O) groups is 1. The smallest absolute Gasteiger partial charge is 0.230 e. The van der Waals surface area contributed by atoms with Crippen LogP contribution < -0.4 is 5.32 Å². The Bertz CT molecular complexity index is 516. The van der Waals surface area contributed by atoms with E-state index in [1.54, 1.807) is 12.1 Å². The molecule has 2 N–H and O–H groups in total. The van der Waals surface area contributed by atoms with Crippen molar-refractivity contribution >= 4 is 5.91 Å². The van der Waals surface area contributed by atoms with Crippen LogP contribution in [0.1, 0.15) is 50.5 Å². The molecule has 0 saturated heterocycles. The van der Waals surface area contributed by atoms with Gasteiger partial charge in [0.05, 0.1) is 11.0 Å². The Kier molecular flexibility index (Phi) is 3.74. The number of amides is 1. The van der Waals surface area contributed by atoms with E-state index < -0.39 is 11.0 Å². The molecule has 2 aliphatic rings. The molecule has 0 aliphatic heterocycles. The summed E-state index contributed by atoms with van der Waals surface area (Å²) in [5.41, 5.74) is -0.369. The van der Waals surface area contributed by atoms with Gasteiger partial charge < -0.3 is 10.4 Å². The molecular weight excluding hydrogens is 269 g/mol. The third-order valence-corrected chi connectivity index (χ3v) is 5.15. The third kappa shape index (κ3) is 2.69. The van der Waals surface area contributed by atoms with Crippen molar-refractivity contribution in [2.45, 2.75) is 56.0 Å². The predicted molar refractivity (Wildman–Crippen MR) is 78.4 cm³/mol. The molecule has 2 fully saturated rings. The molecule has 2 saturated carbocycles. The summed E-state index contributed by atoms with van der Waals surface area (Å²) >= 11 is 0. The lowest BCUT2D eigenvalue weighted by Crippen LogP contribution is -2.52. The van der Waals surface area contributed by atoms with Gasteiger partial charge in [0.25, 0.3) is 0 Å². The standard InChI is InChI=1S/C17H22FNO2/c18-14-6-4-13(5-7-14)17(10-1-2-11-17)15(20)19-12-16(21)8-3-9-16/h4-7,21H,1-3,8-12H2,(H,19,20). The lowest BCUT2D eigenvalue weighted by atomic mass is 9.76. The number of hydrogen-bond donors (Lipinski definition) is 2. The summed E-state index contributed by atoms with van der Waals surface area (Å²) in [6.45, 7) is 0.328. The quantitative estimate of drug-likeness (QED) is 0.896. The molecule has 0 unspecified atom stereocenters. The first-order valence-corrected chi connectivity index (χ1v) is 7.81. The average Bonchev–Trinajstić information content (AvgIpc) is 2.94. The van der Waals surface area contributed by atoms with Crippen LogP contribution in [0.15, 0.2) is 24.3 Å². The summed E-state index contributed by atoms with van der Waals surface area (Å²) in [4.78, 5) is 12.7. The maximum atomic E-state index is 13.1. The minimum atomic E-state index is -0.710. The lowest BCUT2D eigenvalue weighted by Gasteiger charge is -2.38. The molecule has 0 spiro atoms. The molecule has 0 heterocycles. The van der Waals surface area contributed by atoms with Crippen molar-refractivity contribution in [3.63, 3.8) is 0 Å². The maximum Gasteiger partial charge on any atom is 0.230 e. The van der Waals surface area contributed by atoms with E-state index in [1.807, 2.05) is 0 Å². The molecule has 2 aliphatic carbocycles. The highest BCUT2D eigenvalue weighted by Crippen LogP contribution is 2.41. The Hall–Kier alpha value is -1.42. The molecule has 0 radical (unpaired) electrons. The van der Waals surface area contributed by atoms with E-state index in [-0.39, 0.29) is 11.7 Å². The van der Waals surface area contributed by atoms with E-state index >= 15 is 0 Å². The van der Waals surface area contributed by atoms with Gasteiger partial charge in [0.1, 0.15) is 5.82 Å². The molecule has 0 atom stereocenters. The van der Waals surface area contributed by atoms with Crippen molar-refractivity contribution in [3.8, 4) is 0 Å². The monoisotopic (exact) mass is 291 g/mol. The summed E-state index contributed by atoms with van der Waals surface area (Å²) in [5.74, 6) is -0.303. The Morgan fingerprint density at radius 2 is 1.71 bits per heavy atom. The number of hydrogen-bond acceptors (Lipinski definition) is 2. The van der Waals surface area contributed by atoms with Crippen LogP contribution in [0.2, 0.25) is 0 Å². The fourth-order valence-electron chi connectivity index (χ4n) is 3.57. The fourth-order valence-corrected chi connectivity index (χ4v) is 3.57. The van der Waals surface area contributed by atoms with Gasteiger partial charge >= 0.3 is 0 Å². The molecule has 4 heteroatoms. The van der Waals surface area contributed by atoms with Crippen molar-refractivity contribution in [3.05, 3.63) is 35.6 Å². The highest BCUT2D eigenvalue weighted by atomic mass is 19.1. The van der Waals surface area contributed by atoms with Crippen LogP contribution in [0, 0.1) is 5.82 Å². The molecular formula is C17H22FNO2. The number of carbonyl (C=O) groups excluding carboxylic acids is 1. The lowest BCUT2D eigenvalue weighted by molar-refractivity contribution is -0.129. The van der Waals surface area contributed by atoms with Gasteiger partial charge in [-0.25, -0.2) is 4.39 Å². The van der Waals surface area contributed by atoms with Gasteiger partial charge in [-0.05, 0) is 49.8 Å². The summed E-state index contributed by atoms with van der Waals surface area (Å²) in [6, 6.07) is 6.28. The first-order valence-electron chi connectivity index (χ1n) is 7.81. The molecule has 0 aromatic heterocycles. The van der Waals surface area contributed by atoms with Crippen LogP contribution in [0.4, 0.5) is 4.39 Å². The molecule has 114 valence electrons. The zero-order chi connectivity index (χ0) is 14.9. The summed E-state index contributed by atoms with van der Waals surface area (Å²) in [7, 11) is 0. The van der Waals surface area contributed by atoms with Gasteiger partial charge in [-0.1, -0.05) is 25.0 Å². The number of rotatable bonds is 4. The molecule has 3 rings (SSSR count). The van der Waals surface area contributed by atoms with Gasteiger partial charge in [-0.15, -0.1) is 0 Å². The van der Waals surface area contributed by atoms with Crippen LogP contribution >= 0.6 is 0 Å². The topological polar surface area (TPSA) is 49.3 Å². The zero-order valence-corrected chi connectivity index (χ0v) is 12.2. The number of benzene rings is 1. The number of aliphatic hydroxyl groups is 1. The minimum Gasteiger partial charge on any atom is -0.388 e. The van der Waals surface area contributed by atoms with E-state index in [2.05, 4.69) is 5.32 Å². The predicted octanol–water partition coefficient (Wildman–Crippen LogP) is 2.67. The fraction of sp³-hybridized carbons (Fsp3) is 0.588. The molecule has 3 nitrogen and oxygen atoms in total. The highest BCUT2D eigenvalue weighted by molar-refractivity contribution is 5.88. The largest absolute Gasteiger partial charge is 0.388 e. The minimum absolute atomic E-state index is 0.0214. The van der Waals surface area contributed by atoms with Gasteiger partial charge in [0.15, 0.2) is 0 Å². The Balaban J connectivity index is 1.76. The van der Waals surface area contributed by atoms with Crippen LogP contribution in [-0.2, 0) is 10.2 Å². The summed E-state index contributed by atoms with van der Waals surface area (Å²) in [5, 5.41) is 13.1. The van der Waals surface area contributed by atoms with Crippen LogP contribution in [-0.4, -0.2) is 23.2 Å². The molecule has 0 bridgehead atoms. The van der Waals surface area contributed by atoms with Crippen LogP contribution in [0.3, 0.4) is 0 Å². The Morgan fingerprint density at radius 3 is 2.24 bits per heavy atom. The summed E-state index contributed by atoms with van der Waals surface area (Å²) in [6.07, 6.45) is 6.15. The SMILES string of the molecule is O=C(NCC1(O)CCC1)C1(c2ccc(F)cc2)CCCC1. The van der Waals surface area contributed by atoms with E-state index in [9.17, 15) is 14.3 Å². The van der Waals surface area contributed by atoms with Gasteiger partial charge in [0, 0.05) is 6.54 Å². The van der Waals surface area contributed by atoms with E-state index in [0.717, 1.165) is 50.5 Å². The molecule has 1 aromatic carbocycles. The van der Waals surface area contributed by atoms with Crippen molar-refractivity contribution in [1.82, 2.24) is 5.32 Å². The first-order chi connectivity index (χ1) is 10.0. The second-order valence-electron chi connectivity index (χ2n) is 6.56. The van der Waals surface area contributed by atoms with Crippen molar-refractivity contribution in [2.24, 2.45) is 0 Å². The van der Waals surface area contributed by atoms with E-state index in [1.165, 1.54) is 12.1 Å². The van der Waals surface area contributed by atoms with Gasteiger partial charge in [-0.3, -0.25) is 4.79 Å². The van der Waals surface area contributed by atoms with Crippen molar-refractivity contribution in [1.29, 1.82) is 0 Å². The van der Waals surface area contributed by atoms with Gasteiger partial charge in [0.2, 0.25) is 5.91 Å².